The Balaban J connectivity index is 0.00000576. The van der Waals surface area contributed by atoms with Gasteiger partial charge in [-0.25, -0.2) is 9.97 Å². The Bertz CT molecular complexity index is 2720. The number of nitrogens with zero attached hydrogens (tertiary/aromatic N) is 6. The third-order valence-electron chi connectivity index (χ3n) is 12.5. The molecule has 0 fully saturated rings. The summed E-state index contributed by atoms with van der Waals surface area (Å²) in [6.45, 7) is 0. The summed E-state index contributed by atoms with van der Waals surface area (Å²) in [7, 11) is 26.4. The molecular formula is C56H62InN8+7. The van der Waals surface area contributed by atoms with E-state index in [4.69, 9.17) is 9.97 Å². The number of aromatic nitrogens is 4. The molecule has 2 aliphatic rings. The van der Waals surface area contributed by atoms with Crippen LogP contribution < -0.4 is 17.9 Å². The average Bonchev–Trinajstić information content (AvgIpc) is 4.08. The number of quaternary nitrogens is 4. The van der Waals surface area contributed by atoms with Crippen LogP contribution in [0, 0.1) is 0 Å². The zero-order valence-corrected chi connectivity index (χ0v) is 43.4. The van der Waals surface area contributed by atoms with Crippen LogP contribution in [0.3, 0.4) is 0 Å². The average molecular weight is 962 g/mol. The molecule has 0 unspecified atom stereocenters. The number of nitrogens with one attached hydrogen (secondary N) is 2. The molecule has 65 heavy (non-hydrogen) atoms. The fourth-order valence-electron chi connectivity index (χ4n) is 8.72. The Kier molecular flexibility index (Phi) is 11.9. The Morgan fingerprint density at radius 1 is 0.277 bits per heavy atom. The van der Waals surface area contributed by atoms with E-state index in [-0.39, 0.29) is 25.8 Å². The zero-order chi connectivity index (χ0) is 45.3. The first kappa shape index (κ1) is 45.7. The third-order valence-corrected chi connectivity index (χ3v) is 12.5. The first-order valence-corrected chi connectivity index (χ1v) is 22.1. The normalized spacial score (nSPS) is 13.0. The van der Waals surface area contributed by atoms with Gasteiger partial charge in [0.1, 0.15) is 22.7 Å². The van der Waals surface area contributed by atoms with E-state index in [2.05, 4.69) is 240 Å². The van der Waals surface area contributed by atoms with E-state index in [1.807, 2.05) is 0 Å². The monoisotopic (exact) mass is 961 g/mol. The molecule has 2 N–H and O–H groups in total. The number of H-pyrrole nitrogens is 2. The maximum Gasteiger partial charge on any atom is 3.00 e. The molecule has 8 nitrogen and oxygen atoms in total. The molecule has 5 heterocycles. The standard InChI is InChI=1S/C56H62N8.In/c1-61(2,3)41-21-13-37(14-22-41)53-45-29-31-47(57-45)54(38-15-23-42(24-16-38)62(4,5)6)49-33-35-51(59-49)56(40-19-27-44(28-20-40)64(10,11)12)52-36-34-50(60-52)55(48-32-30-46(53)58-48)39-17-25-43(26-18-39)63(7,8)9;/h13-36,57,60H,1-12H3;/q+4;+3. The fourth-order valence-corrected chi connectivity index (χ4v) is 8.72. The molecule has 0 amide bonds. The quantitative estimate of drug-likeness (QED) is 0.149. The number of benzene rings is 4. The van der Waals surface area contributed by atoms with Crippen LogP contribution in [-0.2, 0) is 0 Å². The largest absolute Gasteiger partial charge is 3.00 e. The van der Waals surface area contributed by atoms with Crippen molar-refractivity contribution in [2.75, 3.05) is 84.6 Å². The molecule has 0 aliphatic carbocycles. The molecule has 0 saturated heterocycles. The van der Waals surface area contributed by atoms with Crippen molar-refractivity contribution in [3.05, 3.63) is 144 Å². The molecule has 4 aromatic carbocycles. The van der Waals surface area contributed by atoms with E-state index in [9.17, 15) is 0 Å². The summed E-state index contributed by atoms with van der Waals surface area (Å²) in [6, 6.07) is 44.5. The van der Waals surface area contributed by atoms with E-state index >= 15 is 0 Å². The second-order valence-electron chi connectivity index (χ2n) is 20.7. The van der Waals surface area contributed by atoms with Crippen molar-refractivity contribution in [3.63, 3.8) is 0 Å². The van der Waals surface area contributed by atoms with Gasteiger partial charge in [0.05, 0.1) is 107 Å². The first-order chi connectivity index (χ1) is 30.2. The van der Waals surface area contributed by atoms with E-state index in [1.165, 1.54) is 22.7 Å². The predicted molar refractivity (Wildman–Crippen MR) is 285 cm³/mol. The topological polar surface area (TPSA) is 57.4 Å². The summed E-state index contributed by atoms with van der Waals surface area (Å²) >= 11 is 0. The van der Waals surface area contributed by atoms with Crippen LogP contribution in [0.4, 0.5) is 22.7 Å². The van der Waals surface area contributed by atoms with Gasteiger partial charge in [-0.15, -0.1) is 0 Å². The van der Waals surface area contributed by atoms with E-state index in [1.54, 1.807) is 0 Å². The van der Waals surface area contributed by atoms with E-state index in [0.717, 1.165) is 107 Å². The summed E-state index contributed by atoms with van der Waals surface area (Å²) in [5.41, 5.74) is 20.9. The van der Waals surface area contributed by atoms with Gasteiger partial charge in [-0.05, 0) is 168 Å². The predicted octanol–water partition coefficient (Wildman–Crippen LogP) is 11.7. The van der Waals surface area contributed by atoms with Crippen LogP contribution in [0.25, 0.3) is 90.9 Å². The van der Waals surface area contributed by atoms with Gasteiger partial charge in [-0.3, -0.25) is 17.9 Å². The van der Waals surface area contributed by atoms with Crippen molar-refractivity contribution < 1.29 is 0 Å². The number of aromatic amines is 2. The number of hydrogen-bond donors (Lipinski definition) is 2. The smallest absolute Gasteiger partial charge is 0.354 e. The molecule has 8 bridgehead atoms. The molecule has 0 radical (unpaired) electrons. The molecule has 0 saturated carbocycles. The van der Waals surface area contributed by atoms with Gasteiger partial charge >= 0.3 is 25.8 Å². The van der Waals surface area contributed by atoms with Crippen LogP contribution in [0.15, 0.2) is 121 Å². The summed E-state index contributed by atoms with van der Waals surface area (Å²) in [5, 5.41) is 0. The molecule has 0 atom stereocenters. The number of hydrogen-bond acceptors (Lipinski definition) is 2. The summed E-state index contributed by atoms with van der Waals surface area (Å²) in [5.74, 6) is 0. The van der Waals surface area contributed by atoms with E-state index < -0.39 is 0 Å². The first-order valence-electron chi connectivity index (χ1n) is 22.1. The van der Waals surface area contributed by atoms with Crippen molar-refractivity contribution in [3.8, 4) is 44.5 Å². The maximum absolute atomic E-state index is 5.54. The number of fused-ring (bicyclic) bond motifs is 8. The third kappa shape index (κ3) is 9.09. The minimum atomic E-state index is 0. The van der Waals surface area contributed by atoms with Gasteiger partial charge in [0, 0.05) is 44.3 Å². The molecule has 2 aliphatic heterocycles. The molecule has 322 valence electrons. The van der Waals surface area contributed by atoms with Crippen LogP contribution in [0.1, 0.15) is 22.8 Å². The van der Waals surface area contributed by atoms with Crippen LogP contribution in [0.2, 0.25) is 0 Å². The second-order valence-corrected chi connectivity index (χ2v) is 20.7. The minimum Gasteiger partial charge on any atom is -0.354 e. The van der Waals surface area contributed by atoms with Crippen molar-refractivity contribution in [1.82, 2.24) is 37.9 Å². The van der Waals surface area contributed by atoms with E-state index in [0.29, 0.717) is 0 Å². The molecule has 7 aromatic rings. The van der Waals surface area contributed by atoms with Crippen molar-refractivity contribution >= 4 is 95.0 Å². The van der Waals surface area contributed by atoms with Crippen molar-refractivity contribution in [2.45, 2.75) is 0 Å². The maximum atomic E-state index is 5.54. The Hall–Kier alpha value is -5.81. The Morgan fingerprint density at radius 3 is 0.631 bits per heavy atom. The van der Waals surface area contributed by atoms with Crippen molar-refractivity contribution in [1.29, 1.82) is 0 Å². The summed E-state index contributed by atoms with van der Waals surface area (Å²) < 4.78 is 2.91. The van der Waals surface area contributed by atoms with Crippen LogP contribution in [0.5, 0.6) is 0 Å². The van der Waals surface area contributed by atoms with Gasteiger partial charge in [-0.1, -0.05) is 0 Å². The van der Waals surface area contributed by atoms with Gasteiger partial charge in [0.2, 0.25) is 0 Å². The molecule has 9 rings (SSSR count). The zero-order valence-electron chi connectivity index (χ0n) is 40.1. The van der Waals surface area contributed by atoms with Gasteiger partial charge in [0.25, 0.3) is 0 Å². The molecular weight excluding hydrogens is 899 g/mol. The summed E-state index contributed by atoms with van der Waals surface area (Å²) in [4.78, 5) is 18.9. The Labute approximate surface area is 403 Å². The second kappa shape index (κ2) is 16.9. The fraction of sp³-hybridized carbons (Fsp3) is 0.214. The minimum absolute atomic E-state index is 0. The van der Waals surface area contributed by atoms with Gasteiger partial charge in [0.15, 0.2) is 0 Å². The molecule has 9 heteroatoms. The number of rotatable bonds is 8. The molecule has 0 spiro atoms. The van der Waals surface area contributed by atoms with Gasteiger partial charge in [-0.2, -0.15) is 0 Å². The van der Waals surface area contributed by atoms with Crippen molar-refractivity contribution in [2.24, 2.45) is 0 Å². The SMILES string of the molecule is C[N+](C)(C)c1ccc(-c2c3nc(c(-c4ccc([N+](C)(C)C)cc4)c4ccc([nH]4)c(-c4ccc([N+](C)(C)C)cc4)c4nc(c(-c5ccc([N+](C)(C)C)cc5)c5ccc2[nH]5)C=C4)C=C3)cc1.[In+3]. The van der Waals surface area contributed by atoms with Crippen LogP contribution in [-0.4, -0.2) is 130 Å². The summed E-state index contributed by atoms with van der Waals surface area (Å²) in [6.07, 6.45) is 8.69. The Morgan fingerprint density at radius 2 is 0.462 bits per heavy atom. The van der Waals surface area contributed by atoms with Crippen LogP contribution >= 0.6 is 0 Å². The van der Waals surface area contributed by atoms with Gasteiger partial charge < -0.3 is 9.97 Å². The molecule has 3 aromatic heterocycles.